The predicted octanol–water partition coefficient (Wildman–Crippen LogP) is 3.56. The monoisotopic (exact) mass is 294 g/mol. The first-order valence-corrected chi connectivity index (χ1v) is 6.14. The zero-order chi connectivity index (χ0) is 15.5. The molecule has 20 heavy (non-hydrogen) atoms. The van der Waals surface area contributed by atoms with E-state index in [0.717, 1.165) is 16.7 Å². The van der Waals surface area contributed by atoms with Gasteiger partial charge in [-0.05, 0) is 43.0 Å². The molecule has 114 valence electrons. The van der Waals surface area contributed by atoms with Crippen molar-refractivity contribution < 1.29 is 27.4 Å². The molecule has 1 N–H and O–H groups in total. The first-order valence-electron chi connectivity index (χ1n) is 6.14. The van der Waals surface area contributed by atoms with E-state index in [4.69, 9.17) is 0 Å². The Morgan fingerprint density at radius 3 is 2.20 bits per heavy atom. The molecule has 0 aliphatic carbocycles. The number of rotatable bonds is 6. The van der Waals surface area contributed by atoms with Gasteiger partial charge >= 0.3 is 12.3 Å². The Balaban J connectivity index is 2.64. The number of halogens is 4. The van der Waals surface area contributed by atoms with Crippen LogP contribution in [0.3, 0.4) is 0 Å². The molecule has 2 nitrogen and oxygen atoms in total. The van der Waals surface area contributed by atoms with Crippen LogP contribution in [0.2, 0.25) is 0 Å². The van der Waals surface area contributed by atoms with Crippen molar-refractivity contribution in [3.63, 3.8) is 0 Å². The van der Waals surface area contributed by atoms with Crippen LogP contribution in [-0.2, 0) is 4.74 Å². The molecule has 0 heterocycles. The number of ether oxygens (including phenoxy) is 1. The van der Waals surface area contributed by atoms with Crippen molar-refractivity contribution in [2.24, 2.45) is 0 Å². The van der Waals surface area contributed by atoms with Crippen LogP contribution < -0.4 is 0 Å². The fraction of sp³-hybridized carbons (Fsp3) is 0.571. The fourth-order valence-corrected chi connectivity index (χ4v) is 1.80. The average Bonchev–Trinajstić information content (AvgIpc) is 2.33. The van der Waals surface area contributed by atoms with Gasteiger partial charge in [0.2, 0.25) is 0 Å². The van der Waals surface area contributed by atoms with Crippen molar-refractivity contribution in [1.29, 1.82) is 0 Å². The van der Waals surface area contributed by atoms with Gasteiger partial charge < -0.3 is 9.84 Å². The molecule has 0 saturated carbocycles. The third-order valence-electron chi connectivity index (χ3n) is 3.13. The molecular weight excluding hydrogens is 276 g/mol. The Labute approximate surface area is 115 Å². The van der Waals surface area contributed by atoms with Gasteiger partial charge in [-0.2, -0.15) is 8.78 Å². The number of aliphatic hydroxyl groups is 1. The minimum atomic E-state index is -4.20. The van der Waals surface area contributed by atoms with Crippen LogP contribution in [0.25, 0.3) is 0 Å². The maximum atomic E-state index is 12.6. The number of aryl methyl sites for hydroxylation is 3. The van der Waals surface area contributed by atoms with Crippen LogP contribution >= 0.6 is 0 Å². The largest absolute Gasteiger partial charge is 0.386 e. The van der Waals surface area contributed by atoms with E-state index in [9.17, 15) is 22.7 Å². The standard InChI is InChI=1S/C14H18F4O2/c1-8-4-10(3)11(5-9(8)2)12(19)6-20-7-14(17,18)13(15)16/h4-5,12-13,19H,6-7H2,1-3H3. The first-order chi connectivity index (χ1) is 9.15. The number of alkyl halides is 4. The van der Waals surface area contributed by atoms with Crippen molar-refractivity contribution in [1.82, 2.24) is 0 Å². The summed E-state index contributed by atoms with van der Waals surface area (Å²) in [5, 5.41) is 9.89. The molecule has 0 saturated heterocycles. The van der Waals surface area contributed by atoms with E-state index in [2.05, 4.69) is 4.74 Å². The average molecular weight is 294 g/mol. The number of benzene rings is 1. The Bertz CT molecular complexity index is 461. The lowest BCUT2D eigenvalue weighted by Crippen LogP contribution is -2.33. The van der Waals surface area contributed by atoms with Gasteiger partial charge in [-0.15, -0.1) is 0 Å². The number of aliphatic hydroxyl groups excluding tert-OH is 1. The highest BCUT2D eigenvalue weighted by molar-refractivity contribution is 5.37. The van der Waals surface area contributed by atoms with Gasteiger partial charge in [0.25, 0.3) is 0 Å². The second-order valence-electron chi connectivity index (χ2n) is 4.89. The molecule has 1 unspecified atom stereocenters. The van der Waals surface area contributed by atoms with Gasteiger partial charge in [0.1, 0.15) is 12.7 Å². The first kappa shape index (κ1) is 16.9. The lowest BCUT2D eigenvalue weighted by atomic mass is 9.97. The summed E-state index contributed by atoms with van der Waals surface area (Å²) in [6.45, 7) is 3.69. The summed E-state index contributed by atoms with van der Waals surface area (Å²) in [5.74, 6) is -4.20. The van der Waals surface area contributed by atoms with Gasteiger partial charge in [-0.25, -0.2) is 8.78 Å². The van der Waals surface area contributed by atoms with Gasteiger partial charge in [-0.1, -0.05) is 12.1 Å². The molecule has 0 spiro atoms. The SMILES string of the molecule is Cc1cc(C)c(C(O)COCC(F)(F)C(F)F)cc1C. The summed E-state index contributed by atoms with van der Waals surface area (Å²) in [4.78, 5) is 0. The second-order valence-corrected chi connectivity index (χ2v) is 4.89. The summed E-state index contributed by atoms with van der Waals surface area (Å²) in [6.07, 6.45) is -4.90. The molecule has 1 atom stereocenters. The molecule has 0 aliphatic heterocycles. The maximum Gasteiger partial charge on any atom is 0.330 e. The topological polar surface area (TPSA) is 29.5 Å². The Morgan fingerprint density at radius 1 is 1.10 bits per heavy atom. The summed E-state index contributed by atoms with van der Waals surface area (Å²) >= 11 is 0. The number of hydrogen-bond acceptors (Lipinski definition) is 2. The highest BCUT2D eigenvalue weighted by Crippen LogP contribution is 2.25. The van der Waals surface area contributed by atoms with Crippen molar-refractivity contribution in [3.8, 4) is 0 Å². The maximum absolute atomic E-state index is 12.6. The zero-order valence-corrected chi connectivity index (χ0v) is 11.6. The van der Waals surface area contributed by atoms with Crippen molar-refractivity contribution >= 4 is 0 Å². The quantitative estimate of drug-likeness (QED) is 0.813. The third kappa shape index (κ3) is 4.18. The molecule has 0 amide bonds. The molecule has 1 rings (SSSR count). The summed E-state index contributed by atoms with van der Waals surface area (Å²) < 4.78 is 53.7. The summed E-state index contributed by atoms with van der Waals surface area (Å²) in [7, 11) is 0. The molecule has 1 aromatic carbocycles. The summed E-state index contributed by atoms with van der Waals surface area (Å²) in [6, 6.07) is 3.60. The Kier molecular flexibility index (Phi) is 5.53. The van der Waals surface area contributed by atoms with E-state index in [1.54, 1.807) is 13.0 Å². The molecule has 1 aromatic rings. The van der Waals surface area contributed by atoms with Gasteiger partial charge in [-0.3, -0.25) is 0 Å². The lowest BCUT2D eigenvalue weighted by molar-refractivity contribution is -0.170. The molecule has 6 heteroatoms. The smallest absolute Gasteiger partial charge is 0.330 e. The van der Waals surface area contributed by atoms with Crippen LogP contribution in [-0.4, -0.2) is 30.7 Å². The highest BCUT2D eigenvalue weighted by Gasteiger charge is 2.41. The van der Waals surface area contributed by atoms with Crippen LogP contribution in [0, 0.1) is 20.8 Å². The predicted molar refractivity (Wildman–Crippen MR) is 67.4 cm³/mol. The normalized spacial score (nSPS) is 13.8. The van der Waals surface area contributed by atoms with Crippen molar-refractivity contribution in [2.45, 2.75) is 39.2 Å². The van der Waals surface area contributed by atoms with Crippen LogP contribution in [0.15, 0.2) is 12.1 Å². The van der Waals surface area contributed by atoms with Crippen LogP contribution in [0.5, 0.6) is 0 Å². The molecule has 0 aromatic heterocycles. The van der Waals surface area contributed by atoms with E-state index >= 15 is 0 Å². The van der Waals surface area contributed by atoms with E-state index < -0.39 is 31.7 Å². The molecule has 0 bridgehead atoms. The van der Waals surface area contributed by atoms with Crippen molar-refractivity contribution in [3.05, 3.63) is 34.4 Å². The van der Waals surface area contributed by atoms with E-state index in [1.165, 1.54) is 0 Å². The highest BCUT2D eigenvalue weighted by atomic mass is 19.3. The van der Waals surface area contributed by atoms with Gasteiger partial charge in [0.15, 0.2) is 0 Å². The summed E-state index contributed by atoms with van der Waals surface area (Å²) in [5.41, 5.74) is 3.34. The van der Waals surface area contributed by atoms with E-state index in [-0.39, 0.29) is 0 Å². The third-order valence-corrected chi connectivity index (χ3v) is 3.13. The number of hydrogen-bond donors (Lipinski definition) is 1. The Hall–Kier alpha value is -1.14. The lowest BCUT2D eigenvalue weighted by Gasteiger charge is -2.19. The second kappa shape index (κ2) is 6.54. The Morgan fingerprint density at radius 2 is 1.65 bits per heavy atom. The minimum Gasteiger partial charge on any atom is -0.386 e. The molecule has 0 fully saturated rings. The zero-order valence-electron chi connectivity index (χ0n) is 11.6. The van der Waals surface area contributed by atoms with Gasteiger partial charge in [0.05, 0.1) is 6.61 Å². The minimum absolute atomic E-state index is 0.453. The fourth-order valence-electron chi connectivity index (χ4n) is 1.80. The van der Waals surface area contributed by atoms with Gasteiger partial charge in [0, 0.05) is 0 Å². The van der Waals surface area contributed by atoms with Crippen molar-refractivity contribution in [2.75, 3.05) is 13.2 Å². The van der Waals surface area contributed by atoms with E-state index in [1.807, 2.05) is 19.9 Å². The molecule has 0 aliphatic rings. The molecular formula is C14H18F4O2. The van der Waals surface area contributed by atoms with Crippen LogP contribution in [0.1, 0.15) is 28.4 Å². The van der Waals surface area contributed by atoms with E-state index in [0.29, 0.717) is 5.56 Å². The molecule has 0 radical (unpaired) electrons. The van der Waals surface area contributed by atoms with Crippen LogP contribution in [0.4, 0.5) is 17.6 Å².